The minimum atomic E-state index is -3.61. The number of hydrogen-bond acceptors (Lipinski definition) is 4. The van der Waals surface area contributed by atoms with Gasteiger partial charge in [-0.15, -0.1) is 0 Å². The molecule has 1 aromatic heterocycles. The number of nitrogens with zero attached hydrogens (tertiary/aromatic N) is 1. The van der Waals surface area contributed by atoms with Crippen LogP contribution in [0.2, 0.25) is 0 Å². The molecule has 0 fully saturated rings. The van der Waals surface area contributed by atoms with Gasteiger partial charge in [-0.25, -0.2) is 8.42 Å². The lowest BCUT2D eigenvalue weighted by Crippen LogP contribution is -2.27. The van der Waals surface area contributed by atoms with Crippen molar-refractivity contribution in [2.45, 2.75) is 18.4 Å². The highest BCUT2D eigenvalue weighted by Crippen LogP contribution is 2.23. The van der Waals surface area contributed by atoms with E-state index in [9.17, 15) is 8.42 Å². The van der Waals surface area contributed by atoms with Crippen molar-refractivity contribution in [1.29, 1.82) is 0 Å². The van der Waals surface area contributed by atoms with Gasteiger partial charge in [-0.3, -0.25) is 0 Å². The molecule has 0 atom stereocenters. The molecule has 1 aromatic carbocycles. The van der Waals surface area contributed by atoms with Gasteiger partial charge in [0.05, 0.1) is 18.5 Å². The first-order valence-corrected chi connectivity index (χ1v) is 7.20. The van der Waals surface area contributed by atoms with Gasteiger partial charge in [0, 0.05) is 7.05 Å². The second-order valence-electron chi connectivity index (χ2n) is 4.38. The van der Waals surface area contributed by atoms with Crippen molar-refractivity contribution in [3.8, 4) is 0 Å². The van der Waals surface area contributed by atoms with Crippen LogP contribution in [0.1, 0.15) is 11.3 Å². The van der Waals surface area contributed by atoms with E-state index in [0.717, 1.165) is 5.56 Å². The molecular formula is C13H16N2O3S. The maximum atomic E-state index is 12.4. The molecule has 2 aromatic rings. The second kappa shape index (κ2) is 5.07. The molecular weight excluding hydrogens is 264 g/mol. The van der Waals surface area contributed by atoms with E-state index in [1.54, 1.807) is 24.3 Å². The number of benzene rings is 1. The standard InChI is InChI=1S/C13H16N2O3S/c1-10-5-6-13(12(14)8-10)19(16,17)15(2)9-11-4-3-7-18-11/h3-8H,9,14H2,1-2H3. The van der Waals surface area contributed by atoms with E-state index in [2.05, 4.69) is 0 Å². The van der Waals surface area contributed by atoms with Crippen LogP contribution in [0.25, 0.3) is 0 Å². The Hall–Kier alpha value is -1.79. The molecule has 0 aliphatic heterocycles. The Kier molecular flexibility index (Phi) is 3.64. The Morgan fingerprint density at radius 1 is 1.32 bits per heavy atom. The van der Waals surface area contributed by atoms with Crippen molar-refractivity contribution in [2.75, 3.05) is 12.8 Å². The molecule has 5 nitrogen and oxygen atoms in total. The van der Waals surface area contributed by atoms with E-state index < -0.39 is 10.0 Å². The molecule has 0 spiro atoms. The smallest absolute Gasteiger partial charge is 0.245 e. The molecule has 0 aliphatic carbocycles. The van der Waals surface area contributed by atoms with E-state index in [1.165, 1.54) is 23.7 Å². The van der Waals surface area contributed by atoms with E-state index in [-0.39, 0.29) is 17.1 Å². The minimum absolute atomic E-state index is 0.118. The third-order valence-electron chi connectivity index (χ3n) is 2.81. The van der Waals surface area contributed by atoms with Crippen LogP contribution in [-0.2, 0) is 16.6 Å². The summed E-state index contributed by atoms with van der Waals surface area (Å²) < 4.78 is 31.2. The van der Waals surface area contributed by atoms with Gasteiger partial charge in [0.15, 0.2) is 0 Å². The number of anilines is 1. The molecule has 1 heterocycles. The van der Waals surface area contributed by atoms with E-state index >= 15 is 0 Å². The Morgan fingerprint density at radius 2 is 2.05 bits per heavy atom. The van der Waals surface area contributed by atoms with E-state index in [1.807, 2.05) is 6.92 Å². The highest BCUT2D eigenvalue weighted by atomic mass is 32.2. The van der Waals surface area contributed by atoms with Crippen LogP contribution in [0, 0.1) is 6.92 Å². The summed E-state index contributed by atoms with van der Waals surface area (Å²) in [4.78, 5) is 0.118. The van der Waals surface area contributed by atoms with Crippen molar-refractivity contribution < 1.29 is 12.8 Å². The molecule has 0 aliphatic rings. The van der Waals surface area contributed by atoms with Crippen molar-refractivity contribution in [3.05, 3.63) is 47.9 Å². The summed E-state index contributed by atoms with van der Waals surface area (Å²) in [5, 5.41) is 0. The Labute approximate surface area is 112 Å². The quantitative estimate of drug-likeness (QED) is 0.869. The average molecular weight is 280 g/mol. The van der Waals surface area contributed by atoms with Crippen molar-refractivity contribution >= 4 is 15.7 Å². The van der Waals surface area contributed by atoms with Crippen LogP contribution < -0.4 is 5.73 Å². The normalized spacial score (nSPS) is 11.9. The Balaban J connectivity index is 2.31. The van der Waals surface area contributed by atoms with E-state index in [4.69, 9.17) is 10.2 Å². The summed E-state index contributed by atoms with van der Waals surface area (Å²) in [5.74, 6) is 0.580. The minimum Gasteiger partial charge on any atom is -0.468 e. The molecule has 19 heavy (non-hydrogen) atoms. The molecule has 0 bridgehead atoms. The fourth-order valence-corrected chi connectivity index (χ4v) is 3.01. The summed E-state index contributed by atoms with van der Waals surface area (Å²) in [6.45, 7) is 2.03. The average Bonchev–Trinajstić information content (AvgIpc) is 2.81. The molecule has 102 valence electrons. The first kappa shape index (κ1) is 13.6. The van der Waals surface area contributed by atoms with Crippen LogP contribution in [0.4, 0.5) is 5.69 Å². The predicted molar refractivity (Wildman–Crippen MR) is 73.0 cm³/mol. The molecule has 0 saturated heterocycles. The summed E-state index contributed by atoms with van der Waals surface area (Å²) in [5.41, 5.74) is 6.97. The van der Waals surface area contributed by atoms with Gasteiger partial charge in [-0.05, 0) is 36.8 Å². The van der Waals surface area contributed by atoms with Crippen LogP contribution in [0.5, 0.6) is 0 Å². The molecule has 0 amide bonds. The van der Waals surface area contributed by atoms with Crippen LogP contribution in [0.3, 0.4) is 0 Å². The van der Waals surface area contributed by atoms with Gasteiger partial charge in [0.2, 0.25) is 10.0 Å². The fourth-order valence-electron chi connectivity index (χ4n) is 1.78. The Bertz CT molecular complexity index is 663. The van der Waals surface area contributed by atoms with Gasteiger partial charge in [0.25, 0.3) is 0 Å². The number of furan rings is 1. The molecule has 0 saturated carbocycles. The zero-order valence-electron chi connectivity index (χ0n) is 10.8. The lowest BCUT2D eigenvalue weighted by molar-refractivity contribution is 0.406. The van der Waals surface area contributed by atoms with Crippen molar-refractivity contribution in [3.63, 3.8) is 0 Å². The largest absolute Gasteiger partial charge is 0.468 e. The third kappa shape index (κ3) is 2.80. The van der Waals surface area contributed by atoms with Crippen molar-refractivity contribution in [1.82, 2.24) is 4.31 Å². The number of nitrogens with two attached hydrogens (primary N) is 1. The summed E-state index contributed by atoms with van der Waals surface area (Å²) in [6.07, 6.45) is 1.51. The highest BCUT2D eigenvalue weighted by molar-refractivity contribution is 7.89. The summed E-state index contributed by atoms with van der Waals surface area (Å²) in [7, 11) is -2.12. The van der Waals surface area contributed by atoms with Crippen LogP contribution in [0.15, 0.2) is 45.9 Å². The monoisotopic (exact) mass is 280 g/mol. The SMILES string of the molecule is Cc1ccc(S(=O)(=O)N(C)Cc2ccco2)c(N)c1. The van der Waals surface area contributed by atoms with Crippen molar-refractivity contribution in [2.24, 2.45) is 0 Å². The van der Waals surface area contributed by atoms with Gasteiger partial charge in [-0.2, -0.15) is 4.31 Å². The zero-order valence-corrected chi connectivity index (χ0v) is 11.6. The fraction of sp³-hybridized carbons (Fsp3) is 0.231. The molecule has 0 unspecified atom stereocenters. The molecule has 0 radical (unpaired) electrons. The van der Waals surface area contributed by atoms with Gasteiger partial charge in [-0.1, -0.05) is 6.07 Å². The first-order chi connectivity index (χ1) is 8.91. The number of hydrogen-bond donors (Lipinski definition) is 1. The number of aryl methyl sites for hydroxylation is 1. The lowest BCUT2D eigenvalue weighted by atomic mass is 10.2. The van der Waals surface area contributed by atoms with Gasteiger partial charge in [0.1, 0.15) is 10.7 Å². The number of sulfonamides is 1. The Morgan fingerprint density at radius 3 is 2.63 bits per heavy atom. The molecule has 2 rings (SSSR count). The predicted octanol–water partition coefficient (Wildman–Crippen LogP) is 1.99. The lowest BCUT2D eigenvalue weighted by Gasteiger charge is -2.17. The topological polar surface area (TPSA) is 76.5 Å². The zero-order chi connectivity index (χ0) is 14.0. The van der Waals surface area contributed by atoms with Gasteiger partial charge >= 0.3 is 0 Å². The van der Waals surface area contributed by atoms with Gasteiger partial charge < -0.3 is 10.2 Å². The number of rotatable bonds is 4. The third-order valence-corrected chi connectivity index (χ3v) is 4.69. The molecule has 2 N–H and O–H groups in total. The maximum Gasteiger partial charge on any atom is 0.245 e. The van der Waals surface area contributed by atoms with Crippen LogP contribution in [-0.4, -0.2) is 19.8 Å². The highest BCUT2D eigenvalue weighted by Gasteiger charge is 2.23. The summed E-state index contributed by atoms with van der Waals surface area (Å²) in [6, 6.07) is 8.34. The van der Waals surface area contributed by atoms with Crippen LogP contribution >= 0.6 is 0 Å². The first-order valence-electron chi connectivity index (χ1n) is 5.76. The number of nitrogen functional groups attached to an aromatic ring is 1. The second-order valence-corrected chi connectivity index (χ2v) is 6.40. The summed E-state index contributed by atoms with van der Waals surface area (Å²) >= 11 is 0. The van der Waals surface area contributed by atoms with E-state index in [0.29, 0.717) is 5.76 Å². The molecule has 6 heteroatoms. The maximum absolute atomic E-state index is 12.4.